The highest BCUT2D eigenvalue weighted by molar-refractivity contribution is 5.99. The lowest BCUT2D eigenvalue weighted by molar-refractivity contribution is 0.0951. The van der Waals surface area contributed by atoms with Crippen LogP contribution in [0.5, 0.6) is 0 Å². The lowest BCUT2D eigenvalue weighted by Gasteiger charge is -2.09. The lowest BCUT2D eigenvalue weighted by Crippen LogP contribution is -2.23. The Morgan fingerprint density at radius 3 is 2.67 bits per heavy atom. The van der Waals surface area contributed by atoms with Crippen LogP contribution in [-0.4, -0.2) is 32.4 Å². The Morgan fingerprint density at radius 2 is 1.96 bits per heavy atom. The number of pyridine rings is 1. The van der Waals surface area contributed by atoms with E-state index < -0.39 is 0 Å². The van der Waals surface area contributed by atoms with Crippen molar-refractivity contribution >= 4 is 5.91 Å². The van der Waals surface area contributed by atoms with Crippen molar-refractivity contribution in [1.82, 2.24) is 20.1 Å². The normalized spacial score (nSPS) is 10.5. The highest BCUT2D eigenvalue weighted by Gasteiger charge is 2.18. The second-order valence-corrected chi connectivity index (χ2v) is 5.26. The first-order valence-corrected chi connectivity index (χ1v) is 7.69. The van der Waals surface area contributed by atoms with E-state index in [1.807, 2.05) is 42.5 Å². The Kier molecular flexibility index (Phi) is 4.98. The minimum Gasteiger partial charge on any atom is -0.394 e. The van der Waals surface area contributed by atoms with E-state index >= 15 is 0 Å². The summed E-state index contributed by atoms with van der Waals surface area (Å²) in [5.41, 5.74) is 3.00. The minimum absolute atomic E-state index is 0.0434. The van der Waals surface area contributed by atoms with Crippen molar-refractivity contribution in [2.75, 3.05) is 6.61 Å². The highest BCUT2D eigenvalue weighted by Crippen LogP contribution is 2.23. The van der Waals surface area contributed by atoms with Gasteiger partial charge in [-0.15, -0.1) is 0 Å². The number of hydrogen-bond donors (Lipinski definition) is 2. The molecule has 2 heterocycles. The summed E-state index contributed by atoms with van der Waals surface area (Å²) >= 11 is 0. The van der Waals surface area contributed by atoms with Crippen LogP contribution in [0.25, 0.3) is 11.3 Å². The van der Waals surface area contributed by atoms with Crippen LogP contribution in [0.4, 0.5) is 0 Å². The SMILES string of the molecule is O=C(NCc1cccnc1)c1cnn(CCO)c1-c1ccccc1. The van der Waals surface area contributed by atoms with Crippen molar-refractivity contribution in [3.63, 3.8) is 0 Å². The summed E-state index contributed by atoms with van der Waals surface area (Å²) in [6.45, 7) is 0.685. The van der Waals surface area contributed by atoms with E-state index in [1.165, 1.54) is 6.20 Å². The molecule has 122 valence electrons. The number of amides is 1. The number of aromatic nitrogens is 3. The van der Waals surface area contributed by atoms with Gasteiger partial charge in [-0.25, -0.2) is 0 Å². The lowest BCUT2D eigenvalue weighted by atomic mass is 10.1. The molecule has 24 heavy (non-hydrogen) atoms. The smallest absolute Gasteiger partial charge is 0.255 e. The molecule has 0 unspecified atom stereocenters. The molecule has 0 aliphatic rings. The van der Waals surface area contributed by atoms with Crippen LogP contribution >= 0.6 is 0 Å². The van der Waals surface area contributed by atoms with Gasteiger partial charge in [-0.05, 0) is 11.6 Å². The summed E-state index contributed by atoms with van der Waals surface area (Å²) < 4.78 is 1.65. The number of aliphatic hydroxyl groups is 1. The standard InChI is InChI=1S/C18H18N4O2/c23-10-9-22-17(15-6-2-1-3-7-15)16(13-21-22)18(24)20-12-14-5-4-8-19-11-14/h1-8,11,13,23H,9-10,12H2,(H,20,24). The Bertz CT molecular complexity index is 800. The molecule has 0 radical (unpaired) electrons. The predicted molar refractivity (Wildman–Crippen MR) is 90.2 cm³/mol. The molecule has 0 spiro atoms. The van der Waals surface area contributed by atoms with Crippen molar-refractivity contribution in [1.29, 1.82) is 0 Å². The Morgan fingerprint density at radius 1 is 1.12 bits per heavy atom. The van der Waals surface area contributed by atoms with Crippen LogP contribution < -0.4 is 5.32 Å². The van der Waals surface area contributed by atoms with Gasteiger partial charge in [-0.2, -0.15) is 5.10 Å². The van der Waals surface area contributed by atoms with E-state index in [1.54, 1.807) is 17.1 Å². The number of benzene rings is 1. The summed E-state index contributed by atoms with van der Waals surface area (Å²) in [4.78, 5) is 16.6. The fraction of sp³-hybridized carbons (Fsp3) is 0.167. The maximum Gasteiger partial charge on any atom is 0.255 e. The largest absolute Gasteiger partial charge is 0.394 e. The third kappa shape index (κ3) is 3.49. The molecule has 6 nitrogen and oxygen atoms in total. The van der Waals surface area contributed by atoms with Crippen LogP contribution in [0.15, 0.2) is 61.1 Å². The first-order chi connectivity index (χ1) is 11.8. The molecular formula is C18H18N4O2. The van der Waals surface area contributed by atoms with Crippen molar-refractivity contribution in [2.24, 2.45) is 0 Å². The van der Waals surface area contributed by atoms with E-state index in [4.69, 9.17) is 0 Å². The molecular weight excluding hydrogens is 304 g/mol. The zero-order valence-corrected chi connectivity index (χ0v) is 13.1. The number of carbonyl (C=O) groups excluding carboxylic acids is 1. The third-order valence-electron chi connectivity index (χ3n) is 3.62. The first kappa shape index (κ1) is 15.9. The van der Waals surface area contributed by atoms with Crippen LogP contribution in [0.1, 0.15) is 15.9 Å². The number of aliphatic hydroxyl groups excluding tert-OH is 1. The van der Waals surface area contributed by atoms with E-state index in [0.29, 0.717) is 24.3 Å². The molecule has 0 saturated heterocycles. The summed E-state index contributed by atoms with van der Waals surface area (Å²) in [6.07, 6.45) is 4.95. The molecule has 0 aliphatic heterocycles. The van der Waals surface area contributed by atoms with Gasteiger partial charge >= 0.3 is 0 Å². The predicted octanol–water partition coefficient (Wildman–Crippen LogP) is 1.87. The molecule has 2 aromatic heterocycles. The van der Waals surface area contributed by atoms with Crippen molar-refractivity contribution in [3.8, 4) is 11.3 Å². The Hall–Kier alpha value is -2.99. The molecule has 2 N–H and O–H groups in total. The summed E-state index contributed by atoms with van der Waals surface area (Å²) in [5.74, 6) is -0.207. The van der Waals surface area contributed by atoms with Gasteiger partial charge in [-0.3, -0.25) is 14.5 Å². The molecule has 0 saturated carbocycles. The monoisotopic (exact) mass is 322 g/mol. The average molecular weight is 322 g/mol. The van der Waals surface area contributed by atoms with Crippen molar-refractivity contribution in [3.05, 3.63) is 72.2 Å². The third-order valence-corrected chi connectivity index (χ3v) is 3.62. The first-order valence-electron chi connectivity index (χ1n) is 7.69. The molecule has 3 aromatic rings. The maximum absolute atomic E-state index is 12.6. The number of carbonyl (C=O) groups is 1. The molecule has 0 atom stereocenters. The summed E-state index contributed by atoms with van der Waals surface area (Å²) in [5, 5.41) is 16.4. The number of nitrogens with one attached hydrogen (secondary N) is 1. The van der Waals surface area contributed by atoms with Crippen LogP contribution in [0.3, 0.4) is 0 Å². The number of rotatable bonds is 6. The maximum atomic E-state index is 12.6. The van der Waals surface area contributed by atoms with Gasteiger partial charge in [-0.1, -0.05) is 36.4 Å². The summed E-state index contributed by atoms with van der Waals surface area (Å²) in [7, 11) is 0. The van der Waals surface area contributed by atoms with Gasteiger partial charge in [0, 0.05) is 24.5 Å². The van der Waals surface area contributed by atoms with E-state index in [2.05, 4.69) is 15.4 Å². The van der Waals surface area contributed by atoms with Crippen molar-refractivity contribution < 1.29 is 9.90 Å². The second kappa shape index (κ2) is 7.52. The minimum atomic E-state index is -0.207. The second-order valence-electron chi connectivity index (χ2n) is 5.26. The van der Waals surface area contributed by atoms with Gasteiger partial charge in [0.2, 0.25) is 0 Å². The van der Waals surface area contributed by atoms with E-state index in [9.17, 15) is 9.90 Å². The van der Waals surface area contributed by atoms with E-state index in [-0.39, 0.29) is 12.5 Å². The number of hydrogen-bond acceptors (Lipinski definition) is 4. The number of nitrogens with zero attached hydrogens (tertiary/aromatic N) is 3. The van der Waals surface area contributed by atoms with Gasteiger partial charge in [0.25, 0.3) is 5.91 Å². The fourth-order valence-corrected chi connectivity index (χ4v) is 2.50. The molecule has 6 heteroatoms. The zero-order valence-electron chi connectivity index (χ0n) is 13.1. The Labute approximate surface area is 139 Å². The van der Waals surface area contributed by atoms with Crippen LogP contribution in [-0.2, 0) is 13.1 Å². The Balaban J connectivity index is 1.86. The molecule has 1 amide bonds. The zero-order chi connectivity index (χ0) is 16.8. The molecule has 0 aliphatic carbocycles. The van der Waals surface area contributed by atoms with Crippen LogP contribution in [0, 0.1) is 0 Å². The molecule has 0 bridgehead atoms. The highest BCUT2D eigenvalue weighted by atomic mass is 16.3. The van der Waals surface area contributed by atoms with Gasteiger partial charge < -0.3 is 10.4 Å². The fourth-order valence-electron chi connectivity index (χ4n) is 2.50. The molecule has 3 rings (SSSR count). The average Bonchev–Trinajstić information content (AvgIpc) is 3.05. The van der Waals surface area contributed by atoms with Gasteiger partial charge in [0.05, 0.1) is 30.6 Å². The van der Waals surface area contributed by atoms with Gasteiger partial charge in [0.15, 0.2) is 0 Å². The van der Waals surface area contributed by atoms with Gasteiger partial charge in [0.1, 0.15) is 0 Å². The van der Waals surface area contributed by atoms with Crippen molar-refractivity contribution in [2.45, 2.75) is 13.1 Å². The quantitative estimate of drug-likeness (QED) is 0.726. The molecule has 0 fully saturated rings. The topological polar surface area (TPSA) is 80.0 Å². The molecule has 1 aromatic carbocycles. The van der Waals surface area contributed by atoms with Crippen LogP contribution in [0.2, 0.25) is 0 Å². The van der Waals surface area contributed by atoms with E-state index in [0.717, 1.165) is 11.1 Å². The summed E-state index contributed by atoms with van der Waals surface area (Å²) in [6, 6.07) is 13.3.